The van der Waals surface area contributed by atoms with Crippen LogP contribution in [0.3, 0.4) is 0 Å². The average Bonchev–Trinajstić information content (AvgIpc) is 2.70. The van der Waals surface area contributed by atoms with Crippen LogP contribution in [-0.4, -0.2) is 21.8 Å². The van der Waals surface area contributed by atoms with Crippen molar-refractivity contribution in [1.82, 2.24) is 9.78 Å². The summed E-state index contributed by atoms with van der Waals surface area (Å²) in [7, 11) is 3.42. The van der Waals surface area contributed by atoms with Crippen LogP contribution >= 0.6 is 0 Å². The highest BCUT2D eigenvalue weighted by Crippen LogP contribution is 2.23. The zero-order chi connectivity index (χ0) is 14.7. The van der Waals surface area contributed by atoms with E-state index in [2.05, 4.69) is 10.4 Å². The Morgan fingerprint density at radius 2 is 2.05 bits per heavy atom. The highest BCUT2D eigenvalue weighted by atomic mass is 16.6. The van der Waals surface area contributed by atoms with Gasteiger partial charge in [-0.05, 0) is 19.1 Å². The van der Waals surface area contributed by atoms with Crippen molar-refractivity contribution in [3.8, 4) is 5.88 Å². The van der Waals surface area contributed by atoms with Crippen LogP contribution in [0.15, 0.2) is 24.3 Å². The first-order chi connectivity index (χ1) is 9.52. The van der Waals surface area contributed by atoms with Gasteiger partial charge in [0, 0.05) is 31.4 Å². The van der Waals surface area contributed by atoms with E-state index in [9.17, 15) is 10.1 Å². The van der Waals surface area contributed by atoms with E-state index in [1.54, 1.807) is 23.9 Å². The molecule has 0 radical (unpaired) electrons. The first-order valence-electron chi connectivity index (χ1n) is 6.07. The van der Waals surface area contributed by atoms with E-state index in [1.807, 2.05) is 14.0 Å². The molecule has 1 heterocycles. The molecule has 2 rings (SSSR count). The second kappa shape index (κ2) is 5.60. The van der Waals surface area contributed by atoms with E-state index in [4.69, 9.17) is 4.74 Å². The minimum absolute atomic E-state index is 0.0747. The first kappa shape index (κ1) is 13.9. The van der Waals surface area contributed by atoms with E-state index < -0.39 is 4.92 Å². The maximum Gasteiger partial charge on any atom is 0.269 e. The van der Waals surface area contributed by atoms with Crippen molar-refractivity contribution in [3.05, 3.63) is 45.6 Å². The molecule has 2 aromatic rings. The van der Waals surface area contributed by atoms with Gasteiger partial charge in [-0.25, -0.2) is 4.68 Å². The Kier molecular flexibility index (Phi) is 3.88. The Balaban J connectivity index is 2.11. The van der Waals surface area contributed by atoms with Gasteiger partial charge >= 0.3 is 0 Å². The molecular formula is C13H16N4O3. The molecule has 0 aliphatic heterocycles. The molecule has 0 spiro atoms. The summed E-state index contributed by atoms with van der Waals surface area (Å²) in [4.78, 5) is 10.2. The third-order valence-electron chi connectivity index (χ3n) is 3.03. The van der Waals surface area contributed by atoms with Gasteiger partial charge in [0.1, 0.15) is 0 Å². The van der Waals surface area contributed by atoms with Crippen LogP contribution < -0.4 is 10.1 Å². The van der Waals surface area contributed by atoms with Crippen molar-refractivity contribution < 1.29 is 9.66 Å². The number of nitro benzene ring substituents is 1. The van der Waals surface area contributed by atoms with E-state index in [1.165, 1.54) is 12.1 Å². The normalized spacial score (nSPS) is 10.3. The zero-order valence-corrected chi connectivity index (χ0v) is 11.6. The lowest BCUT2D eigenvalue weighted by molar-refractivity contribution is -0.384. The molecular weight excluding hydrogens is 260 g/mol. The van der Waals surface area contributed by atoms with Gasteiger partial charge in [0.25, 0.3) is 5.69 Å². The monoisotopic (exact) mass is 276 g/mol. The van der Waals surface area contributed by atoms with Crippen LogP contribution in [0.1, 0.15) is 11.3 Å². The van der Waals surface area contributed by atoms with Crippen molar-refractivity contribution in [1.29, 1.82) is 0 Å². The first-order valence-corrected chi connectivity index (χ1v) is 6.07. The molecule has 0 fully saturated rings. The van der Waals surface area contributed by atoms with E-state index in [-0.39, 0.29) is 5.69 Å². The number of anilines is 1. The molecule has 0 saturated carbocycles. The number of rotatable bonds is 5. The van der Waals surface area contributed by atoms with Crippen LogP contribution in [-0.2, 0) is 13.6 Å². The Labute approximate surface area is 116 Å². The average molecular weight is 276 g/mol. The van der Waals surface area contributed by atoms with Gasteiger partial charge in [0.2, 0.25) is 5.88 Å². The Morgan fingerprint density at radius 3 is 2.60 bits per heavy atom. The number of aryl methyl sites for hydroxylation is 2. The number of hydrogen-bond donors (Lipinski definition) is 1. The maximum atomic E-state index is 10.6. The summed E-state index contributed by atoms with van der Waals surface area (Å²) in [5.74, 6) is 0.705. The van der Waals surface area contributed by atoms with Crippen molar-refractivity contribution in [2.75, 3.05) is 12.4 Å². The second-order valence-corrected chi connectivity index (χ2v) is 4.35. The Hall–Kier alpha value is -2.57. The number of nitrogens with zero attached hydrogens (tertiary/aromatic N) is 3. The largest absolute Gasteiger partial charge is 0.481 e. The van der Waals surface area contributed by atoms with E-state index in [0.29, 0.717) is 12.4 Å². The topological polar surface area (TPSA) is 82.2 Å². The number of nitrogens with one attached hydrogen (secondary N) is 1. The summed E-state index contributed by atoms with van der Waals surface area (Å²) >= 11 is 0. The SMILES string of the molecule is COc1c(CNc2ccc([N+](=O)[O-])cc2)c(C)nn1C. The fourth-order valence-electron chi connectivity index (χ4n) is 2.03. The molecule has 0 bridgehead atoms. The predicted octanol–water partition coefficient (Wildman–Crippen LogP) is 2.26. The van der Waals surface area contributed by atoms with Gasteiger partial charge in [-0.3, -0.25) is 10.1 Å². The highest BCUT2D eigenvalue weighted by Gasteiger charge is 2.13. The number of aromatic nitrogens is 2. The van der Waals surface area contributed by atoms with Gasteiger partial charge in [-0.2, -0.15) is 5.10 Å². The minimum atomic E-state index is -0.419. The van der Waals surface area contributed by atoms with Crippen LogP contribution in [0.25, 0.3) is 0 Å². The van der Waals surface area contributed by atoms with Crippen molar-refractivity contribution >= 4 is 11.4 Å². The number of methoxy groups -OCH3 is 1. The van der Waals surface area contributed by atoms with Gasteiger partial charge in [-0.1, -0.05) is 0 Å². The molecule has 0 aliphatic carbocycles. The van der Waals surface area contributed by atoms with Gasteiger partial charge in [0.15, 0.2) is 0 Å². The van der Waals surface area contributed by atoms with E-state index >= 15 is 0 Å². The molecule has 7 nitrogen and oxygen atoms in total. The lowest BCUT2D eigenvalue weighted by Gasteiger charge is -2.08. The predicted molar refractivity (Wildman–Crippen MR) is 74.9 cm³/mol. The molecule has 20 heavy (non-hydrogen) atoms. The smallest absolute Gasteiger partial charge is 0.269 e. The standard InChI is InChI=1S/C13H16N4O3/c1-9-12(13(20-3)16(2)15-9)8-14-10-4-6-11(7-5-10)17(18)19/h4-7,14H,8H2,1-3H3. The summed E-state index contributed by atoms with van der Waals surface area (Å²) in [6.07, 6.45) is 0. The fourth-order valence-corrected chi connectivity index (χ4v) is 2.03. The summed E-state index contributed by atoms with van der Waals surface area (Å²) in [6.45, 7) is 2.45. The number of ether oxygens (including phenoxy) is 1. The molecule has 1 aromatic heterocycles. The van der Waals surface area contributed by atoms with Crippen LogP contribution in [0.2, 0.25) is 0 Å². The minimum Gasteiger partial charge on any atom is -0.481 e. The lowest BCUT2D eigenvalue weighted by atomic mass is 10.2. The fraction of sp³-hybridized carbons (Fsp3) is 0.308. The highest BCUT2D eigenvalue weighted by molar-refractivity contribution is 5.49. The third-order valence-corrected chi connectivity index (χ3v) is 3.03. The van der Waals surface area contributed by atoms with Crippen LogP contribution in [0, 0.1) is 17.0 Å². The molecule has 0 aliphatic rings. The summed E-state index contributed by atoms with van der Waals surface area (Å²) in [6, 6.07) is 6.29. The van der Waals surface area contributed by atoms with Crippen LogP contribution in [0.5, 0.6) is 5.88 Å². The molecule has 0 amide bonds. The van der Waals surface area contributed by atoms with Crippen molar-refractivity contribution in [2.24, 2.45) is 7.05 Å². The van der Waals surface area contributed by atoms with Crippen LogP contribution in [0.4, 0.5) is 11.4 Å². The second-order valence-electron chi connectivity index (χ2n) is 4.35. The molecule has 106 valence electrons. The molecule has 7 heteroatoms. The number of nitro groups is 1. The van der Waals surface area contributed by atoms with Gasteiger partial charge in [-0.15, -0.1) is 0 Å². The van der Waals surface area contributed by atoms with Gasteiger partial charge in [0.05, 0.1) is 23.3 Å². The Morgan fingerprint density at radius 1 is 1.40 bits per heavy atom. The third kappa shape index (κ3) is 2.71. The molecule has 1 N–H and O–H groups in total. The molecule has 0 saturated heterocycles. The zero-order valence-electron chi connectivity index (χ0n) is 11.6. The molecule has 0 atom stereocenters. The van der Waals surface area contributed by atoms with E-state index in [0.717, 1.165) is 16.9 Å². The Bertz CT molecular complexity index is 619. The summed E-state index contributed by atoms with van der Waals surface area (Å²) in [5.41, 5.74) is 2.73. The van der Waals surface area contributed by atoms with Crippen molar-refractivity contribution in [2.45, 2.75) is 13.5 Å². The molecule has 0 unspecified atom stereocenters. The summed E-state index contributed by atoms with van der Waals surface area (Å²) < 4.78 is 6.99. The number of hydrogen-bond acceptors (Lipinski definition) is 5. The summed E-state index contributed by atoms with van der Waals surface area (Å²) in [5, 5.41) is 18.1. The number of benzene rings is 1. The quantitative estimate of drug-likeness (QED) is 0.669. The van der Waals surface area contributed by atoms with Crippen molar-refractivity contribution in [3.63, 3.8) is 0 Å². The number of non-ortho nitro benzene ring substituents is 1. The maximum absolute atomic E-state index is 10.6. The molecule has 1 aromatic carbocycles. The lowest BCUT2D eigenvalue weighted by Crippen LogP contribution is -2.03. The van der Waals surface area contributed by atoms with Gasteiger partial charge < -0.3 is 10.1 Å².